The number of para-hydroxylation sites is 2. The van der Waals surface area contributed by atoms with Gasteiger partial charge in [0.15, 0.2) is 0 Å². The zero-order valence-electron chi connectivity index (χ0n) is 9.33. The molecule has 0 atom stereocenters. The highest BCUT2D eigenvalue weighted by Gasteiger charge is 2.07. The molecule has 1 aromatic carbocycles. The number of nitrogens with one attached hydrogen (secondary N) is 1. The van der Waals surface area contributed by atoms with Gasteiger partial charge in [-0.05, 0) is 12.1 Å². The lowest BCUT2D eigenvalue weighted by atomic mass is 10.2. The largest absolute Gasteiger partial charge is 0.375 e. The number of ether oxygens (including phenoxy) is 1. The second-order valence-electron chi connectivity index (χ2n) is 3.35. The number of aromatic nitrogens is 3. The number of benzene rings is 1. The maximum atomic E-state index is 11.5. The minimum atomic E-state index is -0.208. The van der Waals surface area contributed by atoms with Crippen LogP contribution in [0.15, 0.2) is 36.7 Å². The normalized spacial score (nSPS) is 10.2. The Morgan fingerprint density at radius 3 is 3.00 bits per heavy atom. The number of methoxy groups -OCH3 is 1. The summed E-state index contributed by atoms with van der Waals surface area (Å²) in [6, 6.07) is 7.34. The summed E-state index contributed by atoms with van der Waals surface area (Å²) < 4.78 is 6.35. The van der Waals surface area contributed by atoms with Crippen LogP contribution in [0, 0.1) is 0 Å². The van der Waals surface area contributed by atoms with Crippen molar-refractivity contribution in [2.75, 3.05) is 19.0 Å². The smallest absolute Gasteiger partial charge is 0.250 e. The van der Waals surface area contributed by atoms with Crippen molar-refractivity contribution in [3.63, 3.8) is 0 Å². The monoisotopic (exact) mass is 232 g/mol. The Kier molecular flexibility index (Phi) is 3.46. The molecule has 0 saturated heterocycles. The molecule has 0 bridgehead atoms. The van der Waals surface area contributed by atoms with Crippen LogP contribution in [0.5, 0.6) is 0 Å². The molecule has 1 heterocycles. The first-order chi connectivity index (χ1) is 8.31. The highest BCUT2D eigenvalue weighted by molar-refractivity contribution is 5.93. The first-order valence-corrected chi connectivity index (χ1v) is 5.06. The molecular formula is C11H12N4O2. The molecule has 0 saturated carbocycles. The van der Waals surface area contributed by atoms with E-state index in [0.717, 1.165) is 5.69 Å². The van der Waals surface area contributed by atoms with Crippen LogP contribution in [0.2, 0.25) is 0 Å². The maximum absolute atomic E-state index is 11.5. The summed E-state index contributed by atoms with van der Waals surface area (Å²) in [4.78, 5) is 11.5. The fourth-order valence-corrected chi connectivity index (χ4v) is 1.43. The van der Waals surface area contributed by atoms with Gasteiger partial charge in [-0.3, -0.25) is 4.79 Å². The lowest BCUT2D eigenvalue weighted by Gasteiger charge is -2.09. The zero-order chi connectivity index (χ0) is 12.1. The van der Waals surface area contributed by atoms with Crippen molar-refractivity contribution in [3.05, 3.63) is 36.7 Å². The molecule has 88 valence electrons. The second kappa shape index (κ2) is 5.22. The van der Waals surface area contributed by atoms with E-state index in [0.29, 0.717) is 5.69 Å². The fraction of sp³-hybridized carbons (Fsp3) is 0.182. The minimum absolute atomic E-state index is 0.0195. The molecule has 0 aliphatic heterocycles. The van der Waals surface area contributed by atoms with Gasteiger partial charge in [0.2, 0.25) is 5.91 Å². The molecule has 17 heavy (non-hydrogen) atoms. The van der Waals surface area contributed by atoms with E-state index >= 15 is 0 Å². The second-order valence-corrected chi connectivity index (χ2v) is 3.35. The number of hydrogen-bond acceptors (Lipinski definition) is 4. The predicted octanol–water partition coefficient (Wildman–Crippen LogP) is 0.852. The van der Waals surface area contributed by atoms with Crippen LogP contribution >= 0.6 is 0 Å². The average Bonchev–Trinajstić information content (AvgIpc) is 2.83. The Morgan fingerprint density at radius 1 is 1.47 bits per heavy atom. The van der Waals surface area contributed by atoms with Crippen molar-refractivity contribution in [2.45, 2.75) is 0 Å². The van der Waals surface area contributed by atoms with Crippen LogP contribution in [0.1, 0.15) is 0 Å². The van der Waals surface area contributed by atoms with E-state index in [4.69, 9.17) is 4.74 Å². The van der Waals surface area contributed by atoms with Crippen molar-refractivity contribution >= 4 is 11.6 Å². The zero-order valence-corrected chi connectivity index (χ0v) is 9.33. The Balaban J connectivity index is 2.25. The van der Waals surface area contributed by atoms with Gasteiger partial charge in [0.25, 0.3) is 0 Å². The number of hydrogen-bond donors (Lipinski definition) is 1. The topological polar surface area (TPSA) is 69.0 Å². The van der Waals surface area contributed by atoms with Gasteiger partial charge < -0.3 is 10.1 Å². The molecule has 1 aromatic heterocycles. The van der Waals surface area contributed by atoms with Gasteiger partial charge in [0.05, 0.1) is 23.8 Å². The highest BCUT2D eigenvalue weighted by atomic mass is 16.5. The number of nitrogens with zero attached hydrogens (tertiary/aromatic N) is 3. The molecular weight excluding hydrogens is 220 g/mol. The molecule has 2 rings (SSSR count). The maximum Gasteiger partial charge on any atom is 0.250 e. The van der Waals surface area contributed by atoms with Gasteiger partial charge in [-0.2, -0.15) is 0 Å². The van der Waals surface area contributed by atoms with Crippen LogP contribution < -0.4 is 5.32 Å². The Hall–Kier alpha value is -2.21. The van der Waals surface area contributed by atoms with Crippen LogP contribution in [0.3, 0.4) is 0 Å². The van der Waals surface area contributed by atoms with E-state index in [1.54, 1.807) is 23.1 Å². The van der Waals surface area contributed by atoms with Crippen LogP contribution in [-0.2, 0) is 9.53 Å². The third kappa shape index (κ3) is 2.67. The molecule has 2 aromatic rings. The van der Waals surface area contributed by atoms with Crippen molar-refractivity contribution in [1.29, 1.82) is 0 Å². The Morgan fingerprint density at radius 2 is 2.29 bits per heavy atom. The Labute approximate surface area is 98.2 Å². The Bertz CT molecular complexity index is 496. The lowest BCUT2D eigenvalue weighted by molar-refractivity contribution is -0.119. The number of rotatable bonds is 4. The van der Waals surface area contributed by atoms with E-state index in [1.807, 2.05) is 18.2 Å². The summed E-state index contributed by atoms with van der Waals surface area (Å²) >= 11 is 0. The van der Waals surface area contributed by atoms with Gasteiger partial charge in [-0.15, -0.1) is 5.10 Å². The average molecular weight is 232 g/mol. The molecule has 1 amide bonds. The molecule has 0 spiro atoms. The molecule has 0 aliphatic rings. The SMILES string of the molecule is COCC(=O)Nc1ccccc1-n1ccnn1. The quantitative estimate of drug-likeness (QED) is 0.848. The molecule has 0 radical (unpaired) electrons. The van der Waals surface area contributed by atoms with Crippen LogP contribution in [-0.4, -0.2) is 34.6 Å². The molecule has 6 heteroatoms. The van der Waals surface area contributed by atoms with E-state index < -0.39 is 0 Å². The minimum Gasteiger partial charge on any atom is -0.375 e. The summed E-state index contributed by atoms with van der Waals surface area (Å²) in [5.74, 6) is -0.208. The predicted molar refractivity (Wildman–Crippen MR) is 61.9 cm³/mol. The summed E-state index contributed by atoms with van der Waals surface area (Å²) in [5.41, 5.74) is 1.43. The van der Waals surface area contributed by atoms with Gasteiger partial charge in [-0.1, -0.05) is 17.3 Å². The van der Waals surface area contributed by atoms with Crippen LogP contribution in [0.4, 0.5) is 5.69 Å². The summed E-state index contributed by atoms with van der Waals surface area (Å²) in [7, 11) is 1.48. The third-order valence-electron chi connectivity index (χ3n) is 2.12. The first-order valence-electron chi connectivity index (χ1n) is 5.06. The van der Waals surface area contributed by atoms with Crippen molar-refractivity contribution in [1.82, 2.24) is 15.0 Å². The van der Waals surface area contributed by atoms with Crippen molar-refractivity contribution < 1.29 is 9.53 Å². The number of carbonyl (C=O) groups is 1. The summed E-state index contributed by atoms with van der Waals surface area (Å²) in [6.45, 7) is 0.0195. The molecule has 0 unspecified atom stereocenters. The highest BCUT2D eigenvalue weighted by Crippen LogP contribution is 2.18. The standard InChI is InChI=1S/C11H12N4O2/c1-17-8-11(16)13-9-4-2-3-5-10(9)15-7-6-12-14-15/h2-7H,8H2,1H3,(H,13,16). The summed E-state index contributed by atoms with van der Waals surface area (Å²) in [6.07, 6.45) is 3.29. The van der Waals surface area contributed by atoms with Gasteiger partial charge in [-0.25, -0.2) is 4.68 Å². The number of carbonyl (C=O) groups excluding carboxylic acids is 1. The van der Waals surface area contributed by atoms with E-state index in [1.165, 1.54) is 7.11 Å². The van der Waals surface area contributed by atoms with E-state index in [2.05, 4.69) is 15.6 Å². The third-order valence-corrected chi connectivity index (χ3v) is 2.12. The summed E-state index contributed by atoms with van der Waals surface area (Å²) in [5, 5.41) is 10.4. The first kappa shape index (κ1) is 11.3. The van der Waals surface area contributed by atoms with Gasteiger partial charge >= 0.3 is 0 Å². The lowest BCUT2D eigenvalue weighted by Crippen LogP contribution is -2.18. The van der Waals surface area contributed by atoms with E-state index in [-0.39, 0.29) is 12.5 Å². The van der Waals surface area contributed by atoms with Crippen molar-refractivity contribution in [3.8, 4) is 5.69 Å². The molecule has 1 N–H and O–H groups in total. The number of anilines is 1. The number of amides is 1. The van der Waals surface area contributed by atoms with E-state index in [9.17, 15) is 4.79 Å². The molecule has 0 aliphatic carbocycles. The molecule has 6 nitrogen and oxygen atoms in total. The van der Waals surface area contributed by atoms with Gasteiger partial charge in [0, 0.05) is 7.11 Å². The fourth-order valence-electron chi connectivity index (χ4n) is 1.43. The van der Waals surface area contributed by atoms with Crippen molar-refractivity contribution in [2.24, 2.45) is 0 Å². The molecule has 0 fully saturated rings. The van der Waals surface area contributed by atoms with Crippen LogP contribution in [0.25, 0.3) is 5.69 Å². The van der Waals surface area contributed by atoms with Gasteiger partial charge in [0.1, 0.15) is 6.61 Å².